The number of halogens is 2. The molecule has 0 N–H and O–H groups in total. The Bertz CT molecular complexity index is 2190. The van der Waals surface area contributed by atoms with Crippen LogP contribution >= 0.6 is 0 Å². The van der Waals surface area contributed by atoms with Crippen LogP contribution in [0.25, 0.3) is 24.3 Å². The monoisotopic (exact) mass is 941 g/mol. The molecular weight excluding hydrogens is 867 g/mol. The van der Waals surface area contributed by atoms with Crippen molar-refractivity contribution in [3.8, 4) is 23.0 Å². The van der Waals surface area contributed by atoms with Gasteiger partial charge >= 0.3 is 11.9 Å². The van der Waals surface area contributed by atoms with Gasteiger partial charge in [-0.3, -0.25) is 0 Å². The first-order valence-corrected chi connectivity index (χ1v) is 25.7. The topological polar surface area (TPSA) is 71.1 Å². The molecule has 0 aliphatic rings. The Labute approximate surface area is 411 Å². The number of unbranched alkanes of at least 4 members (excludes halogenated alkanes) is 18. The van der Waals surface area contributed by atoms with Crippen LogP contribution in [-0.2, 0) is 0 Å². The fourth-order valence-corrected chi connectivity index (χ4v) is 8.00. The first-order valence-electron chi connectivity index (χ1n) is 25.7. The van der Waals surface area contributed by atoms with E-state index in [0.29, 0.717) is 41.0 Å². The molecule has 6 nitrogen and oxygen atoms in total. The van der Waals surface area contributed by atoms with Crippen LogP contribution in [0.15, 0.2) is 103 Å². The lowest BCUT2D eigenvalue weighted by molar-refractivity contribution is 0.0730. The van der Waals surface area contributed by atoms with Crippen LogP contribution in [0.1, 0.15) is 191 Å². The molecule has 0 fully saturated rings. The summed E-state index contributed by atoms with van der Waals surface area (Å²) in [4.78, 5) is 26.3. The van der Waals surface area contributed by atoms with Crippen LogP contribution < -0.4 is 18.9 Å². The van der Waals surface area contributed by atoms with Crippen molar-refractivity contribution in [1.82, 2.24) is 0 Å². The molecule has 368 valence electrons. The lowest BCUT2D eigenvalue weighted by Crippen LogP contribution is -2.12. The predicted octanol–water partition coefficient (Wildman–Crippen LogP) is 17.7. The molecule has 69 heavy (non-hydrogen) atoms. The van der Waals surface area contributed by atoms with Crippen LogP contribution in [0.5, 0.6) is 23.0 Å². The molecule has 0 saturated carbocycles. The van der Waals surface area contributed by atoms with Gasteiger partial charge in [0.05, 0.1) is 24.3 Å². The number of carbonyl (C=O) groups is 2. The van der Waals surface area contributed by atoms with E-state index in [9.17, 15) is 18.4 Å². The summed E-state index contributed by atoms with van der Waals surface area (Å²) in [7, 11) is 0. The quantitative estimate of drug-likeness (QED) is 0.0185. The summed E-state index contributed by atoms with van der Waals surface area (Å²) in [6.45, 7) is 7.20. The van der Waals surface area contributed by atoms with Crippen molar-refractivity contribution in [3.05, 3.63) is 154 Å². The molecule has 5 aromatic carbocycles. The van der Waals surface area contributed by atoms with Crippen molar-refractivity contribution in [3.63, 3.8) is 0 Å². The number of carbonyl (C=O) groups excluding carboxylic acids is 2. The van der Waals surface area contributed by atoms with Gasteiger partial charge in [0.15, 0.2) is 23.1 Å². The molecule has 0 aromatic heterocycles. The smallest absolute Gasteiger partial charge is 0.343 e. The normalized spacial score (nSPS) is 11.4. The van der Waals surface area contributed by atoms with E-state index >= 15 is 0 Å². The minimum atomic E-state index is -0.567. The van der Waals surface area contributed by atoms with E-state index in [0.717, 1.165) is 36.8 Å². The SMILES string of the molecule is CCCCCCCCCCCCOc1ccc(/C=C/c2ccc(C(=O)Oc3cccc(OC(=O)c4ccc(/C=C/c5ccc(OCCCCCCCCCCCC)c(F)c5)cc4)c3C)cc2)cc1F. The second-order valence-electron chi connectivity index (χ2n) is 18.0. The van der Waals surface area contributed by atoms with Crippen molar-refractivity contribution in [1.29, 1.82) is 0 Å². The minimum Gasteiger partial charge on any atom is -0.491 e. The Kier molecular flexibility index (Phi) is 24.4. The van der Waals surface area contributed by atoms with E-state index in [2.05, 4.69) is 13.8 Å². The number of hydrogen-bond donors (Lipinski definition) is 0. The Balaban J connectivity index is 1.02. The summed E-state index contributed by atoms with van der Waals surface area (Å²) < 4.78 is 52.5. The van der Waals surface area contributed by atoms with Gasteiger partial charge in [-0.2, -0.15) is 0 Å². The highest BCUT2D eigenvalue weighted by molar-refractivity contribution is 5.93. The van der Waals surface area contributed by atoms with Crippen LogP contribution in [0.2, 0.25) is 0 Å². The van der Waals surface area contributed by atoms with Gasteiger partial charge in [-0.25, -0.2) is 18.4 Å². The highest BCUT2D eigenvalue weighted by Gasteiger charge is 2.16. The average Bonchev–Trinajstić information content (AvgIpc) is 3.36. The first-order chi connectivity index (χ1) is 33.7. The highest BCUT2D eigenvalue weighted by Crippen LogP contribution is 2.30. The second-order valence-corrected chi connectivity index (χ2v) is 18.0. The van der Waals surface area contributed by atoms with Gasteiger partial charge in [-0.05, 0) is 103 Å². The van der Waals surface area contributed by atoms with E-state index in [1.807, 2.05) is 36.4 Å². The Morgan fingerprint density at radius 1 is 0.406 bits per heavy atom. The minimum absolute atomic E-state index is 0.262. The zero-order chi connectivity index (χ0) is 48.9. The number of ether oxygens (including phenoxy) is 4. The zero-order valence-electron chi connectivity index (χ0n) is 41.4. The summed E-state index contributed by atoms with van der Waals surface area (Å²) in [5, 5.41) is 0. The molecule has 0 atom stereocenters. The first kappa shape index (κ1) is 53.9. The molecule has 5 aromatic rings. The van der Waals surface area contributed by atoms with Gasteiger partial charge in [-0.1, -0.05) is 196 Å². The number of esters is 2. The fourth-order valence-electron chi connectivity index (χ4n) is 8.00. The largest absolute Gasteiger partial charge is 0.491 e. The summed E-state index contributed by atoms with van der Waals surface area (Å²) in [5.41, 5.74) is 4.20. The molecule has 0 heterocycles. The van der Waals surface area contributed by atoms with E-state index in [1.165, 1.54) is 115 Å². The molecule has 0 spiro atoms. The van der Waals surface area contributed by atoms with Crippen LogP contribution in [0, 0.1) is 18.6 Å². The van der Waals surface area contributed by atoms with Gasteiger partial charge in [0.25, 0.3) is 0 Å². The Hall–Kier alpha value is -6.02. The molecule has 8 heteroatoms. The standard InChI is InChI=1S/C61H74F2O6/c1-4-6-8-10-12-14-16-18-20-22-43-66-58-41-35-50(45-54(58)62)29-27-48-31-37-52(38-32-48)60(64)68-56-25-24-26-57(47(56)3)69-61(65)53-39-33-49(34-40-53)28-30-51-36-42-59(55(63)46-51)67-44-23-21-19-17-15-13-11-9-7-5-2/h24-42,45-46H,4-23,43-44H2,1-3H3/b29-27+,30-28+. The summed E-state index contributed by atoms with van der Waals surface area (Å²) in [5.74, 6) is -0.876. The van der Waals surface area contributed by atoms with Crippen molar-refractivity contribution < 1.29 is 37.3 Å². The number of hydrogen-bond acceptors (Lipinski definition) is 6. The van der Waals surface area contributed by atoms with Gasteiger partial charge in [-0.15, -0.1) is 0 Å². The predicted molar refractivity (Wildman–Crippen MR) is 279 cm³/mol. The van der Waals surface area contributed by atoms with E-state index in [4.69, 9.17) is 18.9 Å². The molecule has 0 aliphatic heterocycles. The maximum Gasteiger partial charge on any atom is 0.343 e. The third-order valence-electron chi connectivity index (χ3n) is 12.3. The Morgan fingerprint density at radius 2 is 0.725 bits per heavy atom. The number of benzene rings is 5. The molecule has 0 radical (unpaired) electrons. The second kappa shape index (κ2) is 31.2. The fraction of sp³-hybridized carbons (Fsp3) is 0.410. The molecule has 0 bridgehead atoms. The molecule has 0 unspecified atom stereocenters. The van der Waals surface area contributed by atoms with Gasteiger partial charge in [0.1, 0.15) is 11.5 Å². The van der Waals surface area contributed by atoms with Crippen LogP contribution in [0.4, 0.5) is 8.78 Å². The van der Waals surface area contributed by atoms with Gasteiger partial charge in [0, 0.05) is 5.56 Å². The van der Waals surface area contributed by atoms with Crippen molar-refractivity contribution in [2.45, 2.75) is 149 Å². The third-order valence-corrected chi connectivity index (χ3v) is 12.3. The lowest BCUT2D eigenvalue weighted by Gasteiger charge is -2.12. The zero-order valence-corrected chi connectivity index (χ0v) is 41.4. The van der Waals surface area contributed by atoms with Crippen LogP contribution in [-0.4, -0.2) is 25.2 Å². The van der Waals surface area contributed by atoms with Crippen molar-refractivity contribution in [2.75, 3.05) is 13.2 Å². The van der Waals surface area contributed by atoms with Crippen molar-refractivity contribution in [2.24, 2.45) is 0 Å². The van der Waals surface area contributed by atoms with E-state index < -0.39 is 23.6 Å². The van der Waals surface area contributed by atoms with Crippen LogP contribution in [0.3, 0.4) is 0 Å². The summed E-state index contributed by atoms with van der Waals surface area (Å²) >= 11 is 0. The van der Waals surface area contributed by atoms with E-state index in [1.54, 1.807) is 85.8 Å². The molecule has 0 amide bonds. The molecule has 5 rings (SSSR count). The number of rotatable bonds is 32. The van der Waals surface area contributed by atoms with Crippen molar-refractivity contribution >= 4 is 36.2 Å². The van der Waals surface area contributed by atoms with E-state index in [-0.39, 0.29) is 23.0 Å². The maximum atomic E-state index is 14.8. The summed E-state index contributed by atoms with van der Waals surface area (Å²) in [6, 6.07) is 28.6. The Morgan fingerprint density at radius 3 is 1.07 bits per heavy atom. The average molecular weight is 941 g/mol. The molecule has 0 saturated heterocycles. The van der Waals surface area contributed by atoms with Gasteiger partial charge in [0.2, 0.25) is 0 Å². The lowest BCUT2D eigenvalue weighted by atomic mass is 10.1. The third kappa shape index (κ3) is 19.9. The highest BCUT2D eigenvalue weighted by atomic mass is 19.1. The summed E-state index contributed by atoms with van der Waals surface area (Å²) in [6.07, 6.45) is 32.0. The molecular formula is C61H74F2O6. The maximum absolute atomic E-state index is 14.8. The van der Waals surface area contributed by atoms with Gasteiger partial charge < -0.3 is 18.9 Å². The molecule has 0 aliphatic carbocycles.